The molecule has 1 heterocycles. The van der Waals surface area contributed by atoms with Crippen LogP contribution in [-0.2, 0) is 6.54 Å². The number of rotatable bonds is 2. The molecule has 0 saturated heterocycles. The van der Waals surface area contributed by atoms with Gasteiger partial charge in [-0.2, -0.15) is 0 Å². The summed E-state index contributed by atoms with van der Waals surface area (Å²) in [6.07, 6.45) is 0. The van der Waals surface area contributed by atoms with Gasteiger partial charge in [0.25, 0.3) is 0 Å². The average Bonchev–Trinajstić information content (AvgIpc) is 2.50. The smallest absolute Gasteiger partial charge is 0.445 e. The highest BCUT2D eigenvalue weighted by molar-refractivity contribution is 5.71. The fourth-order valence-corrected chi connectivity index (χ4v) is 2.22. The van der Waals surface area contributed by atoms with E-state index in [1.807, 2.05) is 30.3 Å². The lowest BCUT2D eigenvalue weighted by molar-refractivity contribution is -0.587. The Kier molecular flexibility index (Phi) is 2.87. The standard InChI is InChI=1S/C15H12N2O3/c18-14-15(19)17(20)13-9-5-4-8-12(13)16(14)10-11-6-2-1-3-7-11/h1-9,19H,10H2. The van der Waals surface area contributed by atoms with Crippen molar-refractivity contribution in [1.82, 2.24) is 4.57 Å². The van der Waals surface area contributed by atoms with Gasteiger partial charge in [0, 0.05) is 6.07 Å². The highest BCUT2D eigenvalue weighted by Gasteiger charge is 2.19. The van der Waals surface area contributed by atoms with Gasteiger partial charge in [-0.05, 0) is 11.6 Å². The Balaban J connectivity index is 2.27. The minimum absolute atomic E-state index is 0.263. The fraction of sp³-hybridized carbons (Fsp3) is 0.0667. The summed E-state index contributed by atoms with van der Waals surface area (Å²) >= 11 is 0. The number of hydrogen-bond acceptors (Lipinski definition) is 3. The van der Waals surface area contributed by atoms with Gasteiger partial charge in [0.2, 0.25) is 5.52 Å². The van der Waals surface area contributed by atoms with E-state index in [4.69, 9.17) is 0 Å². The van der Waals surface area contributed by atoms with Crippen LogP contribution in [0.25, 0.3) is 11.0 Å². The maximum absolute atomic E-state index is 12.1. The predicted octanol–water partition coefficient (Wildman–Crippen LogP) is 1.39. The molecule has 0 spiro atoms. The second-order valence-corrected chi connectivity index (χ2v) is 4.48. The zero-order valence-electron chi connectivity index (χ0n) is 10.6. The van der Waals surface area contributed by atoms with E-state index in [1.54, 1.807) is 24.3 Å². The molecule has 0 atom stereocenters. The van der Waals surface area contributed by atoms with Crippen LogP contribution < -0.4 is 10.3 Å². The van der Waals surface area contributed by atoms with Crippen molar-refractivity contribution in [1.29, 1.82) is 0 Å². The molecule has 0 fully saturated rings. The molecule has 0 amide bonds. The predicted molar refractivity (Wildman–Crippen MR) is 74.4 cm³/mol. The van der Waals surface area contributed by atoms with E-state index in [1.165, 1.54) is 4.57 Å². The van der Waals surface area contributed by atoms with Crippen molar-refractivity contribution in [3.05, 3.63) is 75.7 Å². The first-order valence-corrected chi connectivity index (χ1v) is 6.16. The van der Waals surface area contributed by atoms with Crippen molar-refractivity contribution < 1.29 is 9.84 Å². The number of aromatic nitrogens is 2. The van der Waals surface area contributed by atoms with Gasteiger partial charge in [-0.3, -0.25) is 9.36 Å². The van der Waals surface area contributed by atoms with E-state index in [2.05, 4.69) is 0 Å². The van der Waals surface area contributed by atoms with Gasteiger partial charge in [-0.1, -0.05) is 42.5 Å². The Morgan fingerprint density at radius 2 is 1.70 bits per heavy atom. The molecule has 5 heteroatoms. The molecule has 0 bridgehead atoms. The van der Waals surface area contributed by atoms with Gasteiger partial charge in [-0.25, -0.2) is 0 Å². The quantitative estimate of drug-likeness (QED) is 0.564. The lowest BCUT2D eigenvalue weighted by Crippen LogP contribution is -2.37. The van der Waals surface area contributed by atoms with Crippen LogP contribution in [0.2, 0.25) is 0 Å². The molecule has 0 saturated carbocycles. The van der Waals surface area contributed by atoms with Crippen molar-refractivity contribution in [2.45, 2.75) is 6.54 Å². The molecule has 5 nitrogen and oxygen atoms in total. The summed E-state index contributed by atoms with van der Waals surface area (Å²) in [4.78, 5) is 12.1. The van der Waals surface area contributed by atoms with Crippen molar-refractivity contribution in [2.75, 3.05) is 0 Å². The largest absolute Gasteiger partial charge is 0.615 e. The van der Waals surface area contributed by atoms with Crippen LogP contribution in [0.3, 0.4) is 0 Å². The summed E-state index contributed by atoms with van der Waals surface area (Å²) < 4.78 is 1.66. The minimum Gasteiger partial charge on any atom is -0.615 e. The molecule has 1 aromatic heterocycles. The highest BCUT2D eigenvalue weighted by atomic mass is 16.5. The molecule has 2 aromatic carbocycles. The number of hydrogen-bond donors (Lipinski definition) is 1. The summed E-state index contributed by atoms with van der Waals surface area (Å²) in [6.45, 7) is 0.300. The topological polar surface area (TPSA) is 69.2 Å². The molecule has 3 rings (SSSR count). The third-order valence-corrected chi connectivity index (χ3v) is 3.20. The zero-order valence-corrected chi connectivity index (χ0v) is 10.6. The molecular weight excluding hydrogens is 256 g/mol. The summed E-state index contributed by atoms with van der Waals surface area (Å²) in [5, 5.41) is 21.5. The minimum atomic E-state index is -0.806. The van der Waals surface area contributed by atoms with Crippen LogP contribution in [0.1, 0.15) is 5.56 Å². The van der Waals surface area contributed by atoms with E-state index in [0.29, 0.717) is 12.1 Å². The second kappa shape index (κ2) is 4.70. The van der Waals surface area contributed by atoms with Gasteiger partial charge in [0.1, 0.15) is 5.52 Å². The highest BCUT2D eigenvalue weighted by Crippen LogP contribution is 2.12. The molecule has 1 N–H and O–H groups in total. The molecule has 0 aliphatic rings. The van der Waals surface area contributed by atoms with E-state index in [9.17, 15) is 15.1 Å². The van der Waals surface area contributed by atoms with E-state index in [-0.39, 0.29) is 10.2 Å². The Morgan fingerprint density at radius 1 is 1.05 bits per heavy atom. The summed E-state index contributed by atoms with van der Waals surface area (Å²) in [5.74, 6) is -0.806. The Hall–Kier alpha value is -2.82. The number of benzene rings is 2. The fourth-order valence-electron chi connectivity index (χ4n) is 2.22. The first kappa shape index (κ1) is 12.2. The number of para-hydroxylation sites is 2. The summed E-state index contributed by atoms with van der Waals surface area (Å²) in [6, 6.07) is 16.1. The number of aromatic hydroxyl groups is 1. The maximum atomic E-state index is 12.1. The number of nitrogens with zero attached hydrogens (tertiary/aromatic N) is 2. The lowest BCUT2D eigenvalue weighted by Gasteiger charge is -2.10. The number of fused-ring (bicyclic) bond motifs is 1. The first-order valence-electron chi connectivity index (χ1n) is 6.16. The van der Waals surface area contributed by atoms with Gasteiger partial charge >= 0.3 is 11.4 Å². The van der Waals surface area contributed by atoms with Crippen LogP contribution >= 0.6 is 0 Å². The van der Waals surface area contributed by atoms with E-state index in [0.717, 1.165) is 5.56 Å². The second-order valence-electron chi connectivity index (χ2n) is 4.48. The van der Waals surface area contributed by atoms with Gasteiger partial charge in [-0.15, -0.1) is 4.73 Å². The molecule has 20 heavy (non-hydrogen) atoms. The molecular formula is C15H12N2O3. The monoisotopic (exact) mass is 268 g/mol. The molecule has 100 valence electrons. The Morgan fingerprint density at radius 3 is 2.45 bits per heavy atom. The van der Waals surface area contributed by atoms with Gasteiger partial charge < -0.3 is 10.3 Å². The first-order chi connectivity index (χ1) is 9.68. The Labute approximate surface area is 114 Å². The maximum Gasteiger partial charge on any atom is 0.445 e. The normalized spacial score (nSPS) is 10.8. The SMILES string of the molecule is O=c1c(O)[n+]([O-])c2ccccc2n1Cc1ccccc1. The van der Waals surface area contributed by atoms with Gasteiger partial charge in [0.05, 0.1) is 6.54 Å². The van der Waals surface area contributed by atoms with Crippen molar-refractivity contribution in [2.24, 2.45) is 0 Å². The van der Waals surface area contributed by atoms with Crippen LogP contribution in [-0.4, -0.2) is 9.67 Å². The third-order valence-electron chi connectivity index (χ3n) is 3.20. The lowest BCUT2D eigenvalue weighted by atomic mass is 10.2. The molecule has 0 aliphatic heterocycles. The molecule has 0 aliphatic carbocycles. The Bertz CT molecular complexity index is 826. The summed E-state index contributed by atoms with van der Waals surface area (Å²) in [5.41, 5.74) is 0.986. The van der Waals surface area contributed by atoms with E-state index < -0.39 is 11.4 Å². The van der Waals surface area contributed by atoms with E-state index >= 15 is 0 Å². The zero-order chi connectivity index (χ0) is 14.1. The molecule has 3 aromatic rings. The average molecular weight is 268 g/mol. The van der Waals surface area contributed by atoms with Crippen molar-refractivity contribution >= 4 is 11.0 Å². The van der Waals surface area contributed by atoms with Crippen molar-refractivity contribution in [3.8, 4) is 5.88 Å². The molecule has 0 unspecified atom stereocenters. The van der Waals surface area contributed by atoms with Gasteiger partial charge in [0.15, 0.2) is 0 Å². The van der Waals surface area contributed by atoms with Crippen LogP contribution in [0.5, 0.6) is 5.88 Å². The van der Waals surface area contributed by atoms with Crippen LogP contribution in [0.4, 0.5) is 0 Å². The third kappa shape index (κ3) is 1.89. The summed E-state index contributed by atoms with van der Waals surface area (Å²) in [7, 11) is 0. The molecule has 0 radical (unpaired) electrons. The van der Waals surface area contributed by atoms with Crippen LogP contribution in [0, 0.1) is 5.21 Å². The van der Waals surface area contributed by atoms with Crippen molar-refractivity contribution in [3.63, 3.8) is 0 Å². The van der Waals surface area contributed by atoms with Crippen LogP contribution in [0.15, 0.2) is 59.4 Å².